The molecule has 0 radical (unpaired) electrons. The Kier molecular flexibility index (Phi) is 5.12. The summed E-state index contributed by atoms with van der Waals surface area (Å²) in [5, 5.41) is 1.98. The Hall–Kier alpha value is -1.97. The molecule has 0 saturated carbocycles. The van der Waals surface area contributed by atoms with Crippen molar-refractivity contribution >= 4 is 22.5 Å². The zero-order valence-electron chi connectivity index (χ0n) is 14.1. The molecule has 0 aliphatic rings. The van der Waals surface area contributed by atoms with Gasteiger partial charge in [-0.3, -0.25) is 0 Å². The van der Waals surface area contributed by atoms with Crippen molar-refractivity contribution in [1.29, 1.82) is 0 Å². The maximum absolute atomic E-state index is 6.13. The molecule has 1 atom stereocenters. The van der Waals surface area contributed by atoms with Crippen molar-refractivity contribution in [2.45, 2.75) is 19.3 Å². The summed E-state index contributed by atoms with van der Waals surface area (Å²) in [6.45, 7) is 3.28. The molecule has 1 aromatic heterocycles. The van der Waals surface area contributed by atoms with E-state index in [1.54, 1.807) is 0 Å². The predicted octanol–water partition coefficient (Wildman–Crippen LogP) is 4.52. The molecule has 0 spiro atoms. The summed E-state index contributed by atoms with van der Waals surface area (Å²) in [5.74, 6) is 1.18. The van der Waals surface area contributed by atoms with Gasteiger partial charge in [0.2, 0.25) is 0 Å². The molecule has 0 amide bonds. The minimum Gasteiger partial charge on any atom is -0.494 e. The Bertz CT molecular complexity index is 824. The van der Waals surface area contributed by atoms with E-state index in [-0.39, 0.29) is 5.92 Å². The first-order chi connectivity index (χ1) is 11.6. The second kappa shape index (κ2) is 7.29. The zero-order chi connectivity index (χ0) is 17.1. The summed E-state index contributed by atoms with van der Waals surface area (Å²) in [6, 6.07) is 14.3. The number of nitrogens with zero attached hydrogens (tertiary/aromatic N) is 1. The summed E-state index contributed by atoms with van der Waals surface area (Å²) >= 11 is 6.13. The number of hydrogen-bond donors (Lipinski definition) is 1. The highest BCUT2D eigenvalue weighted by Gasteiger charge is 2.17. The largest absolute Gasteiger partial charge is 0.494 e. The lowest BCUT2D eigenvalue weighted by atomic mass is 9.92. The van der Waals surface area contributed by atoms with E-state index in [0.717, 1.165) is 22.7 Å². The first kappa shape index (κ1) is 16.9. The van der Waals surface area contributed by atoms with Crippen molar-refractivity contribution in [1.82, 2.24) is 4.57 Å². The van der Waals surface area contributed by atoms with Crippen LogP contribution in [-0.2, 0) is 13.5 Å². The quantitative estimate of drug-likeness (QED) is 0.715. The molecule has 3 rings (SSSR count). The smallest absolute Gasteiger partial charge is 0.119 e. The number of aromatic nitrogens is 1. The van der Waals surface area contributed by atoms with E-state index in [0.29, 0.717) is 13.2 Å². The van der Waals surface area contributed by atoms with E-state index in [4.69, 9.17) is 22.1 Å². The highest BCUT2D eigenvalue weighted by Crippen LogP contribution is 2.31. The Morgan fingerprint density at radius 3 is 2.58 bits per heavy atom. The molecule has 2 aromatic carbocycles. The van der Waals surface area contributed by atoms with Crippen LogP contribution in [0.3, 0.4) is 0 Å². The van der Waals surface area contributed by atoms with Gasteiger partial charge in [0.15, 0.2) is 0 Å². The number of ether oxygens (including phenoxy) is 1. The summed E-state index contributed by atoms with van der Waals surface area (Å²) < 4.78 is 7.63. The third-order valence-corrected chi connectivity index (χ3v) is 4.66. The molecular formula is C20H23ClN2O. The van der Waals surface area contributed by atoms with Crippen LogP contribution in [0.25, 0.3) is 10.9 Å². The van der Waals surface area contributed by atoms with Crippen LogP contribution in [0.5, 0.6) is 5.75 Å². The fourth-order valence-corrected chi connectivity index (χ4v) is 3.37. The molecular weight excluding hydrogens is 320 g/mol. The lowest BCUT2D eigenvalue weighted by molar-refractivity contribution is 0.340. The van der Waals surface area contributed by atoms with Gasteiger partial charge in [-0.15, -0.1) is 0 Å². The van der Waals surface area contributed by atoms with Crippen molar-refractivity contribution in [3.63, 3.8) is 0 Å². The average Bonchev–Trinajstić information content (AvgIpc) is 2.91. The van der Waals surface area contributed by atoms with Crippen LogP contribution in [0.2, 0.25) is 5.02 Å². The molecule has 0 aliphatic carbocycles. The van der Waals surface area contributed by atoms with Gasteiger partial charge in [0.1, 0.15) is 5.75 Å². The van der Waals surface area contributed by atoms with Crippen LogP contribution in [0.1, 0.15) is 24.0 Å². The maximum atomic E-state index is 6.13. The molecule has 3 aromatic rings. The van der Waals surface area contributed by atoms with Crippen molar-refractivity contribution in [2.75, 3.05) is 13.2 Å². The number of hydrogen-bond acceptors (Lipinski definition) is 2. The predicted molar refractivity (Wildman–Crippen MR) is 101 cm³/mol. The van der Waals surface area contributed by atoms with Gasteiger partial charge in [0.05, 0.1) is 6.61 Å². The van der Waals surface area contributed by atoms with Crippen molar-refractivity contribution in [3.05, 3.63) is 64.8 Å². The van der Waals surface area contributed by atoms with Gasteiger partial charge in [0, 0.05) is 35.1 Å². The van der Waals surface area contributed by atoms with E-state index >= 15 is 0 Å². The number of nitrogens with two attached hydrogens (primary N) is 1. The molecule has 3 nitrogen and oxygen atoms in total. The molecule has 0 bridgehead atoms. The minimum atomic E-state index is 0.271. The van der Waals surface area contributed by atoms with Crippen molar-refractivity contribution in [3.8, 4) is 5.75 Å². The van der Waals surface area contributed by atoms with Gasteiger partial charge >= 0.3 is 0 Å². The number of fused-ring (bicyclic) bond motifs is 1. The third-order valence-electron chi connectivity index (χ3n) is 4.42. The van der Waals surface area contributed by atoms with Crippen LogP contribution >= 0.6 is 11.6 Å². The molecule has 0 aliphatic heterocycles. The first-order valence-electron chi connectivity index (χ1n) is 8.28. The Morgan fingerprint density at radius 1 is 1.17 bits per heavy atom. The first-order valence-corrected chi connectivity index (χ1v) is 8.66. The summed E-state index contributed by atoms with van der Waals surface area (Å²) in [6.07, 6.45) is 3.08. The topological polar surface area (TPSA) is 40.2 Å². The van der Waals surface area contributed by atoms with Crippen LogP contribution < -0.4 is 10.5 Å². The SMILES string of the molecule is CCOc1ccc(CC(CN)c2cn(C)c3cc(Cl)ccc23)cc1. The van der Waals surface area contributed by atoms with Gasteiger partial charge in [-0.2, -0.15) is 0 Å². The highest BCUT2D eigenvalue weighted by atomic mass is 35.5. The summed E-state index contributed by atoms with van der Waals surface area (Å²) in [4.78, 5) is 0. The minimum absolute atomic E-state index is 0.271. The second-order valence-electron chi connectivity index (χ2n) is 6.07. The van der Waals surface area contributed by atoms with E-state index in [9.17, 15) is 0 Å². The highest BCUT2D eigenvalue weighted by molar-refractivity contribution is 6.31. The van der Waals surface area contributed by atoms with Gasteiger partial charge in [-0.25, -0.2) is 0 Å². The average molecular weight is 343 g/mol. The third kappa shape index (κ3) is 3.42. The van der Waals surface area contributed by atoms with E-state index < -0.39 is 0 Å². The fourth-order valence-electron chi connectivity index (χ4n) is 3.21. The number of aryl methyl sites for hydroxylation is 1. The van der Waals surface area contributed by atoms with E-state index in [1.165, 1.54) is 16.5 Å². The zero-order valence-corrected chi connectivity index (χ0v) is 14.9. The Morgan fingerprint density at radius 2 is 1.92 bits per heavy atom. The molecule has 2 N–H and O–H groups in total. The van der Waals surface area contributed by atoms with Crippen LogP contribution in [0, 0.1) is 0 Å². The number of rotatable bonds is 6. The van der Waals surface area contributed by atoms with Crippen molar-refractivity contribution in [2.24, 2.45) is 12.8 Å². The lowest BCUT2D eigenvalue weighted by Gasteiger charge is -2.15. The lowest BCUT2D eigenvalue weighted by Crippen LogP contribution is -2.14. The number of benzene rings is 2. The van der Waals surface area contributed by atoms with Crippen LogP contribution in [0.4, 0.5) is 0 Å². The molecule has 1 unspecified atom stereocenters. The molecule has 126 valence electrons. The van der Waals surface area contributed by atoms with Gasteiger partial charge < -0.3 is 15.0 Å². The fraction of sp³-hybridized carbons (Fsp3) is 0.300. The number of halogens is 1. The van der Waals surface area contributed by atoms with Gasteiger partial charge in [-0.05, 0) is 55.3 Å². The molecule has 24 heavy (non-hydrogen) atoms. The van der Waals surface area contributed by atoms with Crippen LogP contribution in [-0.4, -0.2) is 17.7 Å². The molecule has 0 saturated heterocycles. The molecule has 4 heteroatoms. The Balaban J connectivity index is 1.89. The van der Waals surface area contributed by atoms with Crippen molar-refractivity contribution < 1.29 is 4.74 Å². The van der Waals surface area contributed by atoms with E-state index in [1.807, 2.05) is 38.2 Å². The monoisotopic (exact) mass is 342 g/mol. The molecule has 0 fully saturated rings. The summed E-state index contributed by atoms with van der Waals surface area (Å²) in [5.41, 5.74) is 9.78. The van der Waals surface area contributed by atoms with Crippen LogP contribution in [0.15, 0.2) is 48.7 Å². The molecule has 1 heterocycles. The Labute approximate surface area is 148 Å². The van der Waals surface area contributed by atoms with Gasteiger partial charge in [-0.1, -0.05) is 29.8 Å². The standard InChI is InChI=1S/C20H23ClN2O/c1-3-24-17-7-4-14(5-8-17)10-15(12-22)19-13-23(2)20-11-16(21)6-9-18(19)20/h4-9,11,13,15H,3,10,12,22H2,1-2H3. The van der Waals surface area contributed by atoms with E-state index in [2.05, 4.69) is 29.0 Å². The summed E-state index contributed by atoms with van der Waals surface area (Å²) in [7, 11) is 2.05. The maximum Gasteiger partial charge on any atom is 0.119 e. The van der Waals surface area contributed by atoms with Gasteiger partial charge in [0.25, 0.3) is 0 Å². The second-order valence-corrected chi connectivity index (χ2v) is 6.51. The normalized spacial score (nSPS) is 12.5.